The van der Waals surface area contributed by atoms with E-state index < -0.39 is 0 Å². The van der Waals surface area contributed by atoms with Gasteiger partial charge < -0.3 is 19.7 Å². The van der Waals surface area contributed by atoms with E-state index in [1.54, 1.807) is 6.07 Å². The normalized spacial score (nSPS) is 15.2. The first-order chi connectivity index (χ1) is 14.2. The Hall–Kier alpha value is -2.67. The molecular formula is C22H24N2O4S. The van der Waals surface area contributed by atoms with E-state index in [2.05, 4.69) is 5.32 Å². The zero-order chi connectivity index (χ0) is 20.1. The Morgan fingerprint density at radius 3 is 2.59 bits per heavy atom. The van der Waals surface area contributed by atoms with Crippen LogP contribution in [-0.2, 0) is 11.3 Å². The van der Waals surface area contributed by atoms with Gasteiger partial charge in [-0.05, 0) is 42.7 Å². The van der Waals surface area contributed by atoms with Gasteiger partial charge in [0.05, 0.1) is 11.3 Å². The third-order valence-electron chi connectivity index (χ3n) is 5.00. The van der Waals surface area contributed by atoms with Crippen molar-refractivity contribution < 1.29 is 19.1 Å². The summed E-state index contributed by atoms with van der Waals surface area (Å²) in [7, 11) is 0. The number of nitrogens with one attached hydrogen (secondary N) is 1. The van der Waals surface area contributed by atoms with E-state index in [-0.39, 0.29) is 11.8 Å². The largest absolute Gasteiger partial charge is 0.486 e. The van der Waals surface area contributed by atoms with Gasteiger partial charge >= 0.3 is 0 Å². The molecule has 2 aromatic carbocycles. The van der Waals surface area contributed by atoms with Crippen molar-refractivity contribution in [1.82, 2.24) is 10.2 Å². The maximum absolute atomic E-state index is 12.8. The number of amides is 2. The fourth-order valence-corrected chi connectivity index (χ4v) is 4.41. The standard InChI is InChI=1S/C22H24N2O4S/c25-21(24-9-3-4-10-24)15-29-20-6-2-1-5-17(20)22(26)23-14-16-7-8-18-19(13-16)28-12-11-27-18/h1-2,5-8,13H,3-4,9-12,14-15H2,(H,23,26). The van der Waals surface area contributed by atoms with Crippen LogP contribution in [0.25, 0.3) is 0 Å². The predicted molar refractivity (Wildman–Crippen MR) is 112 cm³/mol. The zero-order valence-electron chi connectivity index (χ0n) is 16.2. The van der Waals surface area contributed by atoms with Gasteiger partial charge in [0.15, 0.2) is 11.5 Å². The van der Waals surface area contributed by atoms with Crippen LogP contribution in [0.4, 0.5) is 0 Å². The van der Waals surface area contributed by atoms with Crippen LogP contribution in [0.15, 0.2) is 47.4 Å². The molecular weight excluding hydrogens is 388 g/mol. The van der Waals surface area contributed by atoms with Gasteiger partial charge in [0, 0.05) is 24.5 Å². The summed E-state index contributed by atoms with van der Waals surface area (Å²) >= 11 is 1.42. The molecule has 0 radical (unpaired) electrons. The highest BCUT2D eigenvalue weighted by molar-refractivity contribution is 8.00. The first kappa shape index (κ1) is 19.6. The summed E-state index contributed by atoms with van der Waals surface area (Å²) in [4.78, 5) is 27.8. The molecule has 1 fully saturated rings. The summed E-state index contributed by atoms with van der Waals surface area (Å²) in [5.74, 6) is 1.78. The number of likely N-dealkylation sites (tertiary alicyclic amines) is 1. The van der Waals surface area contributed by atoms with Crippen molar-refractivity contribution in [2.45, 2.75) is 24.3 Å². The van der Waals surface area contributed by atoms with E-state index in [1.807, 2.05) is 41.3 Å². The number of benzene rings is 2. The van der Waals surface area contributed by atoms with Crippen LogP contribution < -0.4 is 14.8 Å². The molecule has 29 heavy (non-hydrogen) atoms. The average Bonchev–Trinajstić information content (AvgIpc) is 3.31. The lowest BCUT2D eigenvalue weighted by Gasteiger charge is -2.19. The van der Waals surface area contributed by atoms with Crippen LogP contribution in [0.3, 0.4) is 0 Å². The van der Waals surface area contributed by atoms with Crippen LogP contribution >= 0.6 is 11.8 Å². The molecule has 7 heteroatoms. The second-order valence-corrected chi connectivity index (χ2v) is 8.05. The van der Waals surface area contributed by atoms with Crippen molar-refractivity contribution in [3.8, 4) is 11.5 Å². The van der Waals surface area contributed by atoms with Crippen LogP contribution in [0.1, 0.15) is 28.8 Å². The maximum atomic E-state index is 12.8. The Balaban J connectivity index is 1.36. The summed E-state index contributed by atoms with van der Waals surface area (Å²) in [6.07, 6.45) is 2.16. The van der Waals surface area contributed by atoms with Gasteiger partial charge in [-0.2, -0.15) is 0 Å². The molecule has 0 atom stereocenters. The molecule has 4 rings (SSSR count). The fraction of sp³-hybridized carbons (Fsp3) is 0.364. The number of hydrogen-bond donors (Lipinski definition) is 1. The summed E-state index contributed by atoms with van der Waals surface area (Å²) in [5, 5.41) is 2.96. The monoisotopic (exact) mass is 412 g/mol. The minimum Gasteiger partial charge on any atom is -0.486 e. The van der Waals surface area contributed by atoms with Crippen LogP contribution in [0, 0.1) is 0 Å². The van der Waals surface area contributed by atoms with E-state index >= 15 is 0 Å². The SMILES string of the molecule is O=C(NCc1ccc2c(c1)OCCO2)c1ccccc1SCC(=O)N1CCCC1. The minimum atomic E-state index is -0.156. The molecule has 1 saturated heterocycles. The third kappa shape index (κ3) is 4.85. The molecule has 0 aromatic heterocycles. The highest BCUT2D eigenvalue weighted by Crippen LogP contribution is 2.30. The molecule has 0 aliphatic carbocycles. The lowest BCUT2D eigenvalue weighted by molar-refractivity contribution is -0.127. The predicted octanol–water partition coefficient (Wildman–Crippen LogP) is 3.10. The first-order valence-electron chi connectivity index (χ1n) is 9.87. The molecule has 6 nitrogen and oxygen atoms in total. The summed E-state index contributed by atoms with van der Waals surface area (Å²) in [6, 6.07) is 13.1. The van der Waals surface area contributed by atoms with Crippen molar-refractivity contribution in [2.75, 3.05) is 32.1 Å². The third-order valence-corrected chi connectivity index (χ3v) is 6.06. The number of ether oxygens (including phenoxy) is 2. The molecule has 2 amide bonds. The Bertz CT molecular complexity index is 896. The molecule has 2 heterocycles. The highest BCUT2D eigenvalue weighted by Gasteiger charge is 2.19. The number of nitrogens with zero attached hydrogens (tertiary/aromatic N) is 1. The van der Waals surface area contributed by atoms with Crippen molar-refractivity contribution >= 4 is 23.6 Å². The number of thioether (sulfide) groups is 1. The van der Waals surface area contributed by atoms with Gasteiger partial charge in [-0.1, -0.05) is 18.2 Å². The molecule has 1 N–H and O–H groups in total. The van der Waals surface area contributed by atoms with Crippen LogP contribution in [0.5, 0.6) is 11.5 Å². The zero-order valence-corrected chi connectivity index (χ0v) is 17.0. The van der Waals surface area contributed by atoms with Crippen molar-refractivity contribution in [1.29, 1.82) is 0 Å². The van der Waals surface area contributed by atoms with Crippen molar-refractivity contribution in [2.24, 2.45) is 0 Å². The fourth-order valence-electron chi connectivity index (χ4n) is 3.45. The molecule has 0 bridgehead atoms. The van der Waals surface area contributed by atoms with Gasteiger partial charge in [-0.25, -0.2) is 0 Å². The quantitative estimate of drug-likeness (QED) is 0.739. The van der Waals surface area contributed by atoms with Crippen molar-refractivity contribution in [3.63, 3.8) is 0 Å². The summed E-state index contributed by atoms with van der Waals surface area (Å²) in [6.45, 7) is 3.16. The van der Waals surface area contributed by atoms with Crippen molar-refractivity contribution in [3.05, 3.63) is 53.6 Å². The Morgan fingerprint density at radius 1 is 1.00 bits per heavy atom. The van der Waals surface area contributed by atoms with Crippen LogP contribution in [0.2, 0.25) is 0 Å². The van der Waals surface area contributed by atoms with E-state index in [0.717, 1.165) is 42.1 Å². The maximum Gasteiger partial charge on any atom is 0.252 e. The van der Waals surface area contributed by atoms with Gasteiger partial charge in [0.1, 0.15) is 13.2 Å². The second-order valence-electron chi connectivity index (χ2n) is 7.03. The lowest BCUT2D eigenvalue weighted by atomic mass is 10.1. The summed E-state index contributed by atoms with van der Waals surface area (Å²) < 4.78 is 11.1. The molecule has 0 unspecified atom stereocenters. The smallest absolute Gasteiger partial charge is 0.252 e. The second kappa shape index (κ2) is 9.22. The lowest BCUT2D eigenvalue weighted by Crippen LogP contribution is -2.29. The minimum absolute atomic E-state index is 0.138. The van der Waals surface area contributed by atoms with E-state index in [4.69, 9.17) is 9.47 Å². The number of carbonyl (C=O) groups is 2. The molecule has 2 aliphatic heterocycles. The molecule has 0 saturated carbocycles. The topological polar surface area (TPSA) is 67.9 Å². The van der Waals surface area contributed by atoms with Gasteiger partial charge in [0.25, 0.3) is 5.91 Å². The van der Waals surface area contributed by atoms with Crippen LogP contribution in [-0.4, -0.2) is 48.8 Å². The Morgan fingerprint density at radius 2 is 1.76 bits per heavy atom. The van der Waals surface area contributed by atoms with Gasteiger partial charge in [0.2, 0.25) is 5.91 Å². The van der Waals surface area contributed by atoms with E-state index in [0.29, 0.717) is 36.8 Å². The molecule has 0 spiro atoms. The van der Waals surface area contributed by atoms with Gasteiger partial charge in [-0.15, -0.1) is 11.8 Å². The highest BCUT2D eigenvalue weighted by atomic mass is 32.2. The molecule has 152 valence electrons. The number of carbonyl (C=O) groups excluding carboxylic acids is 2. The Kier molecular flexibility index (Phi) is 6.24. The number of fused-ring (bicyclic) bond motifs is 1. The molecule has 2 aliphatic rings. The van der Waals surface area contributed by atoms with Gasteiger partial charge in [-0.3, -0.25) is 9.59 Å². The number of rotatable bonds is 6. The summed E-state index contributed by atoms with van der Waals surface area (Å²) in [5.41, 5.74) is 1.53. The Labute approximate surface area is 174 Å². The first-order valence-corrected chi connectivity index (χ1v) is 10.9. The van der Waals surface area contributed by atoms with E-state index in [1.165, 1.54) is 11.8 Å². The molecule has 2 aromatic rings. The van der Waals surface area contributed by atoms with E-state index in [9.17, 15) is 9.59 Å². The number of hydrogen-bond acceptors (Lipinski definition) is 5. The average molecular weight is 413 g/mol.